The van der Waals surface area contributed by atoms with Gasteiger partial charge in [0.1, 0.15) is 23.7 Å². The van der Waals surface area contributed by atoms with Crippen LogP contribution < -0.4 is 9.64 Å². The number of carbonyl (C=O) groups is 1. The van der Waals surface area contributed by atoms with Crippen LogP contribution in [0.2, 0.25) is 5.02 Å². The lowest BCUT2D eigenvalue weighted by atomic mass is 10.0. The van der Waals surface area contributed by atoms with Crippen molar-refractivity contribution in [3.05, 3.63) is 41.4 Å². The van der Waals surface area contributed by atoms with Crippen molar-refractivity contribution in [1.29, 1.82) is 0 Å². The summed E-state index contributed by atoms with van der Waals surface area (Å²) in [6.45, 7) is 4.17. The maximum atomic E-state index is 13.3. The predicted octanol–water partition coefficient (Wildman–Crippen LogP) is 5.07. The van der Waals surface area contributed by atoms with E-state index in [9.17, 15) is 9.18 Å². The van der Waals surface area contributed by atoms with Crippen molar-refractivity contribution in [2.75, 3.05) is 24.5 Å². The Morgan fingerprint density at radius 3 is 2.77 bits per heavy atom. The fourth-order valence-corrected chi connectivity index (χ4v) is 4.70. The topological polar surface area (TPSA) is 58.6 Å². The second-order valence-electron chi connectivity index (χ2n) is 8.46. The molecule has 4 rings (SSSR count). The third-order valence-corrected chi connectivity index (χ3v) is 6.54. The lowest BCUT2D eigenvalue weighted by Crippen LogP contribution is -2.54. The second kappa shape index (κ2) is 9.81. The van der Waals surface area contributed by atoms with Gasteiger partial charge in [0.05, 0.1) is 5.02 Å². The molecule has 1 aliphatic heterocycles. The zero-order valence-corrected chi connectivity index (χ0v) is 18.5. The fraction of sp³-hybridized carbons (Fsp3) is 0.522. The van der Waals surface area contributed by atoms with E-state index in [1.165, 1.54) is 50.2 Å². The zero-order valence-electron chi connectivity index (χ0n) is 17.8. The molecule has 1 amide bonds. The van der Waals surface area contributed by atoms with Crippen LogP contribution in [0, 0.1) is 11.7 Å². The maximum absolute atomic E-state index is 13.3. The number of benzene rings is 1. The van der Waals surface area contributed by atoms with Gasteiger partial charge >= 0.3 is 0 Å². The summed E-state index contributed by atoms with van der Waals surface area (Å²) in [5.74, 6) is 2.00. The highest BCUT2D eigenvalue weighted by Crippen LogP contribution is 2.30. The highest BCUT2D eigenvalue weighted by atomic mass is 35.5. The second-order valence-corrected chi connectivity index (χ2v) is 8.87. The Labute approximate surface area is 187 Å². The molecule has 31 heavy (non-hydrogen) atoms. The number of piperazine rings is 1. The van der Waals surface area contributed by atoms with Crippen LogP contribution in [0.1, 0.15) is 45.4 Å². The minimum Gasteiger partial charge on any atom is -0.439 e. The molecule has 1 atom stereocenters. The molecule has 166 valence electrons. The molecule has 2 heterocycles. The molecule has 0 bridgehead atoms. The van der Waals surface area contributed by atoms with Crippen molar-refractivity contribution >= 4 is 23.3 Å². The first-order chi connectivity index (χ1) is 15.0. The van der Waals surface area contributed by atoms with Crippen molar-refractivity contribution in [2.45, 2.75) is 51.5 Å². The third kappa shape index (κ3) is 5.45. The zero-order chi connectivity index (χ0) is 21.8. The van der Waals surface area contributed by atoms with Crippen LogP contribution in [0.25, 0.3) is 0 Å². The number of anilines is 1. The van der Waals surface area contributed by atoms with Gasteiger partial charge in [-0.2, -0.15) is 0 Å². The first-order valence-corrected chi connectivity index (χ1v) is 11.4. The van der Waals surface area contributed by atoms with E-state index in [2.05, 4.69) is 21.8 Å². The van der Waals surface area contributed by atoms with Crippen molar-refractivity contribution in [3.63, 3.8) is 0 Å². The van der Waals surface area contributed by atoms with Gasteiger partial charge in [-0.1, -0.05) is 37.3 Å². The van der Waals surface area contributed by atoms with E-state index in [-0.39, 0.29) is 17.0 Å². The number of ether oxygens (including phenoxy) is 1. The molecule has 8 heteroatoms. The number of rotatable bonds is 6. The van der Waals surface area contributed by atoms with Crippen molar-refractivity contribution in [3.8, 4) is 11.6 Å². The van der Waals surface area contributed by atoms with Crippen molar-refractivity contribution in [2.24, 2.45) is 5.92 Å². The molecule has 1 saturated heterocycles. The van der Waals surface area contributed by atoms with E-state index >= 15 is 0 Å². The van der Waals surface area contributed by atoms with Crippen LogP contribution in [0.4, 0.5) is 10.2 Å². The Hall–Kier alpha value is -2.41. The molecule has 2 fully saturated rings. The average molecular weight is 447 g/mol. The van der Waals surface area contributed by atoms with Gasteiger partial charge in [-0.05, 0) is 31.4 Å². The highest BCUT2D eigenvalue weighted by Gasteiger charge is 2.28. The molecule has 0 spiro atoms. The molecule has 1 saturated carbocycles. The average Bonchev–Trinajstić information content (AvgIpc) is 3.28. The summed E-state index contributed by atoms with van der Waals surface area (Å²) in [6.07, 6.45) is 8.29. The van der Waals surface area contributed by atoms with Gasteiger partial charge in [-0.25, -0.2) is 14.4 Å². The van der Waals surface area contributed by atoms with E-state index in [0.29, 0.717) is 37.7 Å². The summed E-state index contributed by atoms with van der Waals surface area (Å²) >= 11 is 5.82. The lowest BCUT2D eigenvalue weighted by Gasteiger charge is -2.40. The molecule has 1 aromatic carbocycles. The van der Waals surface area contributed by atoms with E-state index < -0.39 is 5.82 Å². The maximum Gasteiger partial charge on any atom is 0.224 e. The van der Waals surface area contributed by atoms with Crippen LogP contribution in [0.5, 0.6) is 11.6 Å². The summed E-state index contributed by atoms with van der Waals surface area (Å²) in [6, 6.07) is 6.03. The van der Waals surface area contributed by atoms with Gasteiger partial charge in [0, 0.05) is 44.2 Å². The Balaban J connectivity index is 1.34. The first-order valence-electron chi connectivity index (χ1n) is 11.0. The summed E-state index contributed by atoms with van der Waals surface area (Å²) in [4.78, 5) is 25.4. The predicted molar refractivity (Wildman–Crippen MR) is 118 cm³/mol. The minimum absolute atomic E-state index is 0.00525. The molecule has 0 radical (unpaired) electrons. The Morgan fingerprint density at radius 1 is 1.23 bits per heavy atom. The van der Waals surface area contributed by atoms with Crippen LogP contribution in [0.15, 0.2) is 30.6 Å². The molecule has 1 aromatic heterocycles. The number of aromatic nitrogens is 2. The van der Waals surface area contributed by atoms with Gasteiger partial charge in [0.25, 0.3) is 0 Å². The third-order valence-electron chi connectivity index (χ3n) is 6.25. The smallest absolute Gasteiger partial charge is 0.224 e. The summed E-state index contributed by atoms with van der Waals surface area (Å²) in [7, 11) is 0. The van der Waals surface area contributed by atoms with Crippen molar-refractivity contribution in [1.82, 2.24) is 14.9 Å². The van der Waals surface area contributed by atoms with Crippen LogP contribution in [-0.4, -0.2) is 46.5 Å². The molecule has 6 nitrogen and oxygen atoms in total. The van der Waals surface area contributed by atoms with Gasteiger partial charge < -0.3 is 14.5 Å². The van der Waals surface area contributed by atoms with E-state index in [0.717, 1.165) is 18.2 Å². The summed E-state index contributed by atoms with van der Waals surface area (Å²) in [5, 5.41) is -0.00525. The number of hydrogen-bond donors (Lipinski definition) is 0. The standard InChI is InChI=1S/C23H28ClFN4O2/c1-16-14-28(10-11-29(16)23(30)9-6-17-4-2-3-5-17)21-13-22(27-15-26-21)31-18-7-8-20(25)19(24)12-18/h7-8,12-13,15-17H,2-6,9-11,14H2,1H3/t16-/m1/s1. The number of hydrogen-bond acceptors (Lipinski definition) is 5. The van der Waals surface area contributed by atoms with Gasteiger partial charge in [-0.3, -0.25) is 4.79 Å². The molecular weight excluding hydrogens is 419 g/mol. The largest absolute Gasteiger partial charge is 0.439 e. The van der Waals surface area contributed by atoms with Crippen molar-refractivity contribution < 1.29 is 13.9 Å². The molecule has 2 aliphatic rings. The number of amides is 1. The van der Waals surface area contributed by atoms with Crippen LogP contribution >= 0.6 is 11.6 Å². The molecule has 0 N–H and O–H groups in total. The Kier molecular flexibility index (Phi) is 6.90. The molecule has 2 aromatic rings. The lowest BCUT2D eigenvalue weighted by molar-refractivity contribution is -0.133. The van der Waals surface area contributed by atoms with Crippen LogP contribution in [-0.2, 0) is 4.79 Å². The monoisotopic (exact) mass is 446 g/mol. The quantitative estimate of drug-likeness (QED) is 0.620. The fourth-order valence-electron chi connectivity index (χ4n) is 4.53. The van der Waals surface area contributed by atoms with Gasteiger partial charge in [0.2, 0.25) is 11.8 Å². The van der Waals surface area contributed by atoms with Gasteiger partial charge in [-0.15, -0.1) is 0 Å². The number of nitrogens with zero attached hydrogens (tertiary/aromatic N) is 4. The molecular formula is C23H28ClFN4O2. The molecule has 1 aliphatic carbocycles. The van der Waals surface area contributed by atoms with E-state index in [1.807, 2.05) is 4.90 Å². The SMILES string of the molecule is C[C@@H]1CN(c2cc(Oc3ccc(F)c(Cl)c3)ncn2)CCN1C(=O)CCC1CCCC1. The first kappa shape index (κ1) is 21.8. The number of carbonyl (C=O) groups excluding carboxylic acids is 1. The number of halogens is 2. The summed E-state index contributed by atoms with van der Waals surface area (Å²) in [5.41, 5.74) is 0. The Morgan fingerprint density at radius 2 is 2.03 bits per heavy atom. The van der Waals surface area contributed by atoms with Crippen LogP contribution in [0.3, 0.4) is 0 Å². The summed E-state index contributed by atoms with van der Waals surface area (Å²) < 4.78 is 19.1. The molecule has 0 unspecified atom stereocenters. The van der Waals surface area contributed by atoms with E-state index in [4.69, 9.17) is 16.3 Å². The highest BCUT2D eigenvalue weighted by molar-refractivity contribution is 6.30. The van der Waals surface area contributed by atoms with E-state index in [1.54, 1.807) is 6.07 Å². The minimum atomic E-state index is -0.498. The van der Waals surface area contributed by atoms with Gasteiger partial charge in [0.15, 0.2) is 0 Å². The Bertz CT molecular complexity index is 922. The normalized spacial score (nSPS) is 19.6.